The number of benzene rings is 3. The van der Waals surface area contributed by atoms with Crippen molar-refractivity contribution in [3.8, 4) is 16.9 Å². The van der Waals surface area contributed by atoms with Crippen LogP contribution in [0.3, 0.4) is 0 Å². The van der Waals surface area contributed by atoms with E-state index in [1.807, 2.05) is 19.2 Å². The molecular weight excluding hydrogens is 496 g/mol. The Hall–Kier alpha value is -2.97. The average molecular weight is 531 g/mol. The molecule has 2 aliphatic heterocycles. The number of anilines is 1. The molecule has 0 aliphatic carbocycles. The van der Waals surface area contributed by atoms with Crippen molar-refractivity contribution in [2.75, 3.05) is 65.4 Å². The van der Waals surface area contributed by atoms with Crippen LogP contribution < -0.4 is 20.3 Å². The zero-order valence-corrected chi connectivity index (χ0v) is 23.1. The zero-order chi connectivity index (χ0) is 26.2. The second-order valence-electron chi connectivity index (χ2n) is 10.5. The maximum absolute atomic E-state index is 6.79. The van der Waals surface area contributed by atoms with E-state index in [2.05, 4.69) is 64.9 Å². The van der Waals surface area contributed by atoms with Crippen LogP contribution in [0, 0.1) is 0 Å². The summed E-state index contributed by atoms with van der Waals surface area (Å²) in [6.07, 6.45) is 1.93. The van der Waals surface area contributed by atoms with E-state index < -0.39 is 0 Å². The molecule has 2 aliphatic rings. The van der Waals surface area contributed by atoms with Crippen molar-refractivity contribution >= 4 is 39.1 Å². The van der Waals surface area contributed by atoms with Crippen molar-refractivity contribution in [2.45, 2.75) is 18.9 Å². The number of halogens is 1. The van der Waals surface area contributed by atoms with Crippen LogP contribution in [0.5, 0.6) is 5.75 Å². The summed E-state index contributed by atoms with van der Waals surface area (Å²) in [7, 11) is 6.14. The molecule has 0 spiro atoms. The standard InChI is InChI=1S/C30H35ClN6O/c1-32-25(18-36(2)3)29-34-24-17-22(20-9-4-7-19-8-5-11-23(31)26(19)20)21-10-6-16-38-28(21)27(24)30(35-29)37-14-12-33-13-15-37/h4-5,7-9,11,17,25,32-33H,6,10,12-16,18H2,1-3H3. The van der Waals surface area contributed by atoms with Gasteiger partial charge in [0.05, 0.1) is 23.6 Å². The van der Waals surface area contributed by atoms with Crippen molar-refractivity contribution in [1.29, 1.82) is 0 Å². The highest BCUT2D eigenvalue weighted by Gasteiger charge is 2.28. The minimum absolute atomic E-state index is 0.00321. The molecule has 1 saturated heterocycles. The fraction of sp³-hybridized carbons (Fsp3) is 0.400. The van der Waals surface area contributed by atoms with E-state index in [4.69, 9.17) is 26.3 Å². The lowest BCUT2D eigenvalue weighted by Crippen LogP contribution is -2.44. The van der Waals surface area contributed by atoms with Crippen LogP contribution in [0.4, 0.5) is 5.82 Å². The third-order valence-electron chi connectivity index (χ3n) is 7.63. The van der Waals surface area contributed by atoms with Crippen LogP contribution in [-0.2, 0) is 6.42 Å². The highest BCUT2D eigenvalue weighted by molar-refractivity contribution is 6.36. The van der Waals surface area contributed by atoms with Crippen LogP contribution >= 0.6 is 11.6 Å². The number of likely N-dealkylation sites (N-methyl/N-ethyl adjacent to an activating group) is 2. The van der Waals surface area contributed by atoms with Crippen LogP contribution in [0.2, 0.25) is 5.02 Å². The van der Waals surface area contributed by atoms with Gasteiger partial charge in [-0.3, -0.25) is 0 Å². The Bertz CT molecular complexity index is 1480. The Balaban J connectivity index is 1.65. The lowest BCUT2D eigenvalue weighted by Gasteiger charge is -2.32. The first-order valence-electron chi connectivity index (χ1n) is 13.5. The molecular formula is C30H35ClN6O. The minimum atomic E-state index is 0.00321. The molecule has 198 valence electrons. The van der Waals surface area contributed by atoms with E-state index >= 15 is 0 Å². The van der Waals surface area contributed by atoms with Gasteiger partial charge in [-0.15, -0.1) is 0 Å². The summed E-state index contributed by atoms with van der Waals surface area (Å²) in [5, 5.41) is 10.9. The topological polar surface area (TPSA) is 65.5 Å². The molecule has 0 amide bonds. The molecule has 6 rings (SSSR count). The van der Waals surface area contributed by atoms with Gasteiger partial charge in [0.2, 0.25) is 0 Å². The molecule has 0 radical (unpaired) electrons. The van der Waals surface area contributed by atoms with Gasteiger partial charge in [0, 0.05) is 48.7 Å². The fourth-order valence-electron chi connectivity index (χ4n) is 5.82. The quantitative estimate of drug-likeness (QED) is 0.376. The maximum Gasteiger partial charge on any atom is 0.149 e. The molecule has 0 saturated carbocycles. The molecule has 2 N–H and O–H groups in total. The highest BCUT2D eigenvalue weighted by Crippen LogP contribution is 2.46. The molecule has 3 heterocycles. The number of fused-ring (bicyclic) bond motifs is 4. The first kappa shape index (κ1) is 25.3. The summed E-state index contributed by atoms with van der Waals surface area (Å²) in [6, 6.07) is 14.8. The van der Waals surface area contributed by atoms with Crippen molar-refractivity contribution in [2.24, 2.45) is 0 Å². The predicted octanol–water partition coefficient (Wildman–Crippen LogP) is 4.66. The molecule has 1 aromatic heterocycles. The second kappa shape index (κ2) is 10.7. The zero-order valence-electron chi connectivity index (χ0n) is 22.4. The smallest absolute Gasteiger partial charge is 0.149 e. The Kier molecular flexibility index (Phi) is 7.10. The van der Waals surface area contributed by atoms with Gasteiger partial charge in [-0.2, -0.15) is 0 Å². The number of ether oxygens (including phenoxy) is 1. The Morgan fingerprint density at radius 1 is 1.08 bits per heavy atom. The molecule has 38 heavy (non-hydrogen) atoms. The van der Waals surface area contributed by atoms with Gasteiger partial charge in [0.15, 0.2) is 0 Å². The number of nitrogens with zero attached hydrogens (tertiary/aromatic N) is 4. The summed E-state index contributed by atoms with van der Waals surface area (Å²) in [4.78, 5) is 15.0. The number of nitrogens with one attached hydrogen (secondary N) is 2. The average Bonchev–Trinajstić information content (AvgIpc) is 2.95. The number of hydrogen-bond acceptors (Lipinski definition) is 7. The third-order valence-corrected chi connectivity index (χ3v) is 7.94. The van der Waals surface area contributed by atoms with Crippen LogP contribution in [0.1, 0.15) is 23.9 Å². The van der Waals surface area contributed by atoms with Gasteiger partial charge in [0.1, 0.15) is 17.4 Å². The van der Waals surface area contributed by atoms with Crippen LogP contribution in [0.15, 0.2) is 42.5 Å². The van der Waals surface area contributed by atoms with Crippen LogP contribution in [0.25, 0.3) is 32.8 Å². The summed E-state index contributed by atoms with van der Waals surface area (Å²) < 4.78 is 6.48. The minimum Gasteiger partial charge on any atom is -0.492 e. The molecule has 4 aromatic rings. The normalized spacial score (nSPS) is 16.6. The summed E-state index contributed by atoms with van der Waals surface area (Å²) in [5.74, 6) is 2.72. The van der Waals surface area contributed by atoms with Gasteiger partial charge in [-0.1, -0.05) is 41.9 Å². The van der Waals surface area contributed by atoms with E-state index in [0.717, 1.165) is 101 Å². The summed E-state index contributed by atoms with van der Waals surface area (Å²) >= 11 is 6.79. The first-order valence-corrected chi connectivity index (χ1v) is 13.9. The van der Waals surface area contributed by atoms with Gasteiger partial charge in [-0.05, 0) is 62.6 Å². The van der Waals surface area contributed by atoms with Crippen molar-refractivity contribution < 1.29 is 4.74 Å². The lowest BCUT2D eigenvalue weighted by atomic mass is 9.89. The molecule has 1 atom stereocenters. The monoisotopic (exact) mass is 530 g/mol. The maximum atomic E-state index is 6.79. The van der Waals surface area contributed by atoms with E-state index in [0.29, 0.717) is 6.61 Å². The van der Waals surface area contributed by atoms with Gasteiger partial charge >= 0.3 is 0 Å². The number of hydrogen-bond donors (Lipinski definition) is 2. The van der Waals surface area contributed by atoms with Crippen LogP contribution in [-0.4, -0.2) is 75.3 Å². The van der Waals surface area contributed by atoms with Crippen molar-refractivity contribution in [3.05, 3.63) is 58.9 Å². The Labute approximate surface area is 229 Å². The first-order chi connectivity index (χ1) is 18.5. The van der Waals surface area contributed by atoms with Gasteiger partial charge in [-0.25, -0.2) is 9.97 Å². The van der Waals surface area contributed by atoms with E-state index in [1.54, 1.807) is 0 Å². The van der Waals surface area contributed by atoms with E-state index in [9.17, 15) is 0 Å². The molecule has 1 unspecified atom stereocenters. The molecule has 8 heteroatoms. The largest absolute Gasteiger partial charge is 0.492 e. The van der Waals surface area contributed by atoms with Crippen molar-refractivity contribution in [1.82, 2.24) is 25.5 Å². The number of aromatic nitrogens is 2. The second-order valence-corrected chi connectivity index (χ2v) is 10.9. The fourth-order valence-corrected chi connectivity index (χ4v) is 6.11. The molecule has 0 bridgehead atoms. The SMILES string of the molecule is CNC(CN(C)C)c1nc(N2CCNCC2)c2c3c(c(-c4cccc5cccc(Cl)c45)cc2n1)CCCO3. The molecule has 3 aromatic carbocycles. The number of rotatable bonds is 6. The summed E-state index contributed by atoms with van der Waals surface area (Å²) in [6.45, 7) is 5.17. The predicted molar refractivity (Wildman–Crippen MR) is 157 cm³/mol. The van der Waals surface area contributed by atoms with Gasteiger partial charge < -0.3 is 25.2 Å². The number of piperazine rings is 1. The Morgan fingerprint density at radius 3 is 2.63 bits per heavy atom. The van der Waals surface area contributed by atoms with E-state index in [1.165, 1.54) is 5.56 Å². The highest BCUT2D eigenvalue weighted by atomic mass is 35.5. The van der Waals surface area contributed by atoms with Gasteiger partial charge in [0.25, 0.3) is 0 Å². The Morgan fingerprint density at radius 2 is 1.87 bits per heavy atom. The molecule has 7 nitrogen and oxygen atoms in total. The summed E-state index contributed by atoms with van der Waals surface area (Å²) in [5.41, 5.74) is 4.42. The molecule has 1 fully saturated rings. The van der Waals surface area contributed by atoms with E-state index in [-0.39, 0.29) is 6.04 Å². The van der Waals surface area contributed by atoms with Crippen molar-refractivity contribution in [3.63, 3.8) is 0 Å². The third kappa shape index (κ3) is 4.58. The lowest BCUT2D eigenvalue weighted by molar-refractivity contribution is 0.292.